The molecule has 174 valence electrons. The highest BCUT2D eigenvalue weighted by molar-refractivity contribution is 9.10. The van der Waals surface area contributed by atoms with Crippen molar-refractivity contribution in [1.29, 1.82) is 0 Å². The van der Waals surface area contributed by atoms with Crippen LogP contribution < -0.4 is 15.5 Å². The first kappa shape index (κ1) is 24.0. The van der Waals surface area contributed by atoms with E-state index < -0.39 is 0 Å². The van der Waals surface area contributed by atoms with Crippen molar-refractivity contribution in [3.05, 3.63) is 91.9 Å². The molecule has 0 saturated carbocycles. The number of anilines is 1. The summed E-state index contributed by atoms with van der Waals surface area (Å²) in [6.45, 7) is 3.61. The number of halogens is 2. The molecule has 0 unspecified atom stereocenters. The summed E-state index contributed by atoms with van der Waals surface area (Å²) >= 11 is 9.43. The molecule has 1 aliphatic carbocycles. The van der Waals surface area contributed by atoms with E-state index in [0.717, 1.165) is 38.9 Å². The van der Waals surface area contributed by atoms with Crippen LogP contribution in [0, 0.1) is 13.8 Å². The fourth-order valence-electron chi connectivity index (χ4n) is 3.74. The van der Waals surface area contributed by atoms with E-state index >= 15 is 0 Å². The third-order valence-electron chi connectivity index (χ3n) is 5.56. The van der Waals surface area contributed by atoms with Gasteiger partial charge in [-0.25, -0.2) is 5.43 Å². The third-order valence-corrected chi connectivity index (χ3v) is 6.48. The normalized spacial score (nSPS) is 13.5. The fraction of sp³-hybridized carbons (Fsp3) is 0.192. The Kier molecular flexibility index (Phi) is 7.34. The predicted molar refractivity (Wildman–Crippen MR) is 138 cm³/mol. The lowest BCUT2D eigenvalue weighted by atomic mass is 10.1. The lowest BCUT2D eigenvalue weighted by molar-refractivity contribution is -0.123. The molecule has 2 N–H and O–H groups in total. The first-order valence-electron chi connectivity index (χ1n) is 10.8. The second-order valence-electron chi connectivity index (χ2n) is 8.08. The molecule has 0 radical (unpaired) electrons. The molecular weight excluding hydrogens is 518 g/mol. The summed E-state index contributed by atoms with van der Waals surface area (Å²) in [7, 11) is 0. The number of aryl methyl sites for hydroxylation is 3. The maximum Gasteiger partial charge on any atom is 0.277 e. The van der Waals surface area contributed by atoms with Gasteiger partial charge in [-0.1, -0.05) is 33.6 Å². The number of nitrogens with zero attached hydrogens (tertiary/aromatic N) is 1. The number of ether oxygens (including phenoxy) is 1. The van der Waals surface area contributed by atoms with Crippen molar-refractivity contribution in [3.63, 3.8) is 0 Å². The van der Waals surface area contributed by atoms with Crippen molar-refractivity contribution in [2.75, 3.05) is 11.9 Å². The Hall–Kier alpha value is -3.16. The van der Waals surface area contributed by atoms with Gasteiger partial charge in [-0.3, -0.25) is 9.59 Å². The number of hydrogen-bond donors (Lipinski definition) is 2. The van der Waals surface area contributed by atoms with Crippen LogP contribution in [0.2, 0.25) is 5.02 Å². The van der Waals surface area contributed by atoms with Gasteiger partial charge in [0.05, 0.1) is 5.71 Å². The highest BCUT2D eigenvalue weighted by atomic mass is 79.9. The zero-order chi connectivity index (χ0) is 24.2. The molecule has 8 heteroatoms. The highest BCUT2D eigenvalue weighted by Crippen LogP contribution is 2.26. The van der Waals surface area contributed by atoms with Gasteiger partial charge in [-0.05, 0) is 91.9 Å². The van der Waals surface area contributed by atoms with Gasteiger partial charge in [0.1, 0.15) is 5.75 Å². The lowest BCUT2D eigenvalue weighted by Crippen LogP contribution is -2.25. The van der Waals surface area contributed by atoms with Gasteiger partial charge >= 0.3 is 0 Å². The molecule has 3 aromatic carbocycles. The zero-order valence-corrected chi connectivity index (χ0v) is 21.1. The first-order chi connectivity index (χ1) is 16.3. The Bertz CT molecular complexity index is 1310. The summed E-state index contributed by atoms with van der Waals surface area (Å²) in [5.41, 5.74) is 8.42. The topological polar surface area (TPSA) is 79.8 Å². The maximum absolute atomic E-state index is 12.7. The van der Waals surface area contributed by atoms with Gasteiger partial charge in [0, 0.05) is 26.3 Å². The van der Waals surface area contributed by atoms with E-state index in [9.17, 15) is 9.59 Å². The average molecular weight is 541 g/mol. The summed E-state index contributed by atoms with van der Waals surface area (Å²) in [5, 5.41) is 7.91. The van der Waals surface area contributed by atoms with Gasteiger partial charge in [0.2, 0.25) is 0 Å². The number of fused-ring (bicyclic) bond motifs is 1. The molecule has 0 atom stereocenters. The minimum atomic E-state index is -0.358. The monoisotopic (exact) mass is 539 g/mol. The van der Waals surface area contributed by atoms with Crippen LogP contribution in [0.25, 0.3) is 0 Å². The van der Waals surface area contributed by atoms with Gasteiger partial charge in [0.25, 0.3) is 11.8 Å². The lowest BCUT2D eigenvalue weighted by Gasteiger charge is -2.10. The molecule has 6 nitrogen and oxygen atoms in total. The number of nitrogens with one attached hydrogen (secondary N) is 2. The van der Waals surface area contributed by atoms with E-state index in [1.165, 1.54) is 0 Å². The molecule has 4 rings (SSSR count). The van der Waals surface area contributed by atoms with Crippen molar-refractivity contribution in [2.45, 2.75) is 26.7 Å². The molecule has 0 aromatic heterocycles. The minimum absolute atomic E-state index is 0.159. The summed E-state index contributed by atoms with van der Waals surface area (Å²) in [6, 6.07) is 16.5. The standard InChI is InChI=1S/C26H23BrClN3O3/c1-15-11-18(27)5-8-21(15)26(33)29-19-6-3-17-4-10-24(22(17)13-19)30-31-25(32)14-34-20-7-9-23(28)16(2)12-20/h3,5-9,11-13H,4,10,14H2,1-2H3,(H,29,33)(H,31,32)/b30-24-. The molecule has 0 fully saturated rings. The maximum atomic E-state index is 12.7. The molecule has 0 spiro atoms. The number of carbonyl (C=O) groups excluding carboxylic acids is 2. The van der Waals surface area contributed by atoms with Crippen LogP contribution in [0.3, 0.4) is 0 Å². The number of hydrazone groups is 1. The van der Waals surface area contributed by atoms with Gasteiger partial charge in [0.15, 0.2) is 6.61 Å². The van der Waals surface area contributed by atoms with Gasteiger partial charge < -0.3 is 10.1 Å². The van der Waals surface area contributed by atoms with E-state index in [1.807, 2.05) is 44.2 Å². The third kappa shape index (κ3) is 5.66. The van der Waals surface area contributed by atoms with E-state index in [2.05, 4.69) is 31.8 Å². The summed E-state index contributed by atoms with van der Waals surface area (Å²) in [6.07, 6.45) is 1.53. The highest BCUT2D eigenvalue weighted by Gasteiger charge is 2.20. The Morgan fingerprint density at radius 3 is 2.62 bits per heavy atom. The molecule has 0 aliphatic heterocycles. The smallest absolute Gasteiger partial charge is 0.277 e. The first-order valence-corrected chi connectivity index (χ1v) is 11.9. The van der Waals surface area contributed by atoms with E-state index in [1.54, 1.807) is 24.3 Å². The second kappa shape index (κ2) is 10.4. The molecule has 2 amide bonds. The molecular formula is C26H23BrClN3O3. The number of rotatable bonds is 6. The Morgan fingerprint density at radius 1 is 1.03 bits per heavy atom. The van der Waals surface area contributed by atoms with Crippen molar-refractivity contribution >= 4 is 50.7 Å². The largest absolute Gasteiger partial charge is 0.484 e. The summed E-state index contributed by atoms with van der Waals surface area (Å²) in [5.74, 6) is 0.0327. The van der Waals surface area contributed by atoms with Crippen molar-refractivity contribution in [1.82, 2.24) is 5.43 Å². The molecule has 0 bridgehead atoms. The number of hydrogen-bond acceptors (Lipinski definition) is 4. The molecule has 34 heavy (non-hydrogen) atoms. The van der Waals surface area contributed by atoms with Crippen molar-refractivity contribution < 1.29 is 14.3 Å². The predicted octanol–water partition coefficient (Wildman–Crippen LogP) is 5.82. The SMILES string of the molecule is Cc1cc(OCC(=O)N/N=C2/CCc3ccc(NC(=O)c4ccc(Br)cc4C)cc32)ccc1Cl. The van der Waals surface area contributed by atoms with E-state index in [4.69, 9.17) is 16.3 Å². The number of carbonyl (C=O) groups is 2. The van der Waals surface area contributed by atoms with E-state index in [-0.39, 0.29) is 18.4 Å². The summed E-state index contributed by atoms with van der Waals surface area (Å²) in [4.78, 5) is 25.0. The van der Waals surface area contributed by atoms with Crippen LogP contribution in [0.1, 0.15) is 39.0 Å². The Balaban J connectivity index is 1.40. The van der Waals surface area contributed by atoms with Crippen LogP contribution in [-0.2, 0) is 11.2 Å². The quantitative estimate of drug-likeness (QED) is 0.387. The Morgan fingerprint density at radius 2 is 1.85 bits per heavy atom. The van der Waals surface area contributed by atoms with Gasteiger partial charge in [-0.2, -0.15) is 5.10 Å². The number of benzene rings is 3. The second-order valence-corrected chi connectivity index (χ2v) is 9.40. The fourth-order valence-corrected chi connectivity index (χ4v) is 4.34. The minimum Gasteiger partial charge on any atom is -0.484 e. The molecule has 3 aromatic rings. The molecule has 1 aliphatic rings. The van der Waals surface area contributed by atoms with Crippen LogP contribution in [0.4, 0.5) is 5.69 Å². The average Bonchev–Trinajstić information content (AvgIpc) is 3.20. The van der Waals surface area contributed by atoms with Gasteiger partial charge in [-0.15, -0.1) is 0 Å². The molecule has 0 saturated heterocycles. The van der Waals surface area contributed by atoms with Crippen LogP contribution >= 0.6 is 27.5 Å². The van der Waals surface area contributed by atoms with E-state index in [0.29, 0.717) is 28.4 Å². The van der Waals surface area contributed by atoms with Crippen LogP contribution in [0.5, 0.6) is 5.75 Å². The van der Waals surface area contributed by atoms with Crippen LogP contribution in [-0.4, -0.2) is 24.1 Å². The number of amides is 2. The van der Waals surface area contributed by atoms with Crippen LogP contribution in [0.15, 0.2) is 64.2 Å². The zero-order valence-electron chi connectivity index (χ0n) is 18.7. The van der Waals surface area contributed by atoms with Crippen molar-refractivity contribution in [3.8, 4) is 5.75 Å². The van der Waals surface area contributed by atoms with Crippen molar-refractivity contribution in [2.24, 2.45) is 5.10 Å². The Labute approximate surface area is 211 Å². The molecule has 0 heterocycles. The summed E-state index contributed by atoms with van der Waals surface area (Å²) < 4.78 is 6.45.